The number of nitrogens with one attached hydrogen (secondary N) is 1. The molecule has 0 spiro atoms. The standard InChI is InChI=1S/C18H16N4O4/c19-22-21-16(17(23)24)9-20-18(25)26-10-15-13-7-3-1-5-11(13)12-6-2-4-8-14(12)15/h1-8,15-16H,9-10H2,(H,20,25)(H,23,24)/t16-/m1/s1. The summed E-state index contributed by atoms with van der Waals surface area (Å²) in [5, 5.41) is 14.3. The second kappa shape index (κ2) is 7.58. The van der Waals surface area contributed by atoms with Gasteiger partial charge >= 0.3 is 12.1 Å². The fourth-order valence-corrected chi connectivity index (χ4v) is 3.07. The van der Waals surface area contributed by atoms with Crippen LogP contribution in [0.25, 0.3) is 21.6 Å². The van der Waals surface area contributed by atoms with Crippen LogP contribution >= 0.6 is 0 Å². The van der Waals surface area contributed by atoms with E-state index >= 15 is 0 Å². The smallest absolute Gasteiger partial charge is 0.407 e. The van der Waals surface area contributed by atoms with Crippen molar-refractivity contribution in [3.8, 4) is 11.1 Å². The molecule has 8 nitrogen and oxygen atoms in total. The number of amides is 1. The van der Waals surface area contributed by atoms with Gasteiger partial charge in [0, 0.05) is 17.4 Å². The molecule has 0 radical (unpaired) electrons. The number of carbonyl (C=O) groups is 2. The van der Waals surface area contributed by atoms with Gasteiger partial charge in [-0.25, -0.2) is 4.79 Å². The topological polar surface area (TPSA) is 124 Å². The molecule has 0 bridgehead atoms. The summed E-state index contributed by atoms with van der Waals surface area (Å²) in [5.41, 5.74) is 12.7. The highest BCUT2D eigenvalue weighted by Crippen LogP contribution is 2.44. The summed E-state index contributed by atoms with van der Waals surface area (Å²) in [6.07, 6.45) is -0.758. The zero-order valence-electron chi connectivity index (χ0n) is 13.7. The molecule has 1 aliphatic rings. The van der Waals surface area contributed by atoms with Crippen LogP contribution in [-0.2, 0) is 9.53 Å². The highest BCUT2D eigenvalue weighted by atomic mass is 16.5. The van der Waals surface area contributed by atoms with Gasteiger partial charge in [-0.15, -0.1) is 0 Å². The molecule has 0 fully saturated rings. The molecule has 0 aliphatic heterocycles. The Hall–Kier alpha value is -3.51. The minimum atomic E-state index is -1.37. The van der Waals surface area contributed by atoms with Crippen LogP contribution < -0.4 is 5.32 Å². The highest BCUT2D eigenvalue weighted by Gasteiger charge is 2.29. The molecule has 132 valence electrons. The van der Waals surface area contributed by atoms with Crippen LogP contribution in [0.5, 0.6) is 0 Å². The van der Waals surface area contributed by atoms with Crippen molar-refractivity contribution in [2.24, 2.45) is 5.11 Å². The van der Waals surface area contributed by atoms with Crippen LogP contribution in [0.3, 0.4) is 0 Å². The minimum Gasteiger partial charge on any atom is -0.481 e. The molecule has 2 aromatic carbocycles. The summed E-state index contributed by atoms with van der Waals surface area (Å²) in [7, 11) is 0. The molecular weight excluding hydrogens is 336 g/mol. The number of fused-ring (bicyclic) bond motifs is 3. The van der Waals surface area contributed by atoms with Gasteiger partial charge in [0.15, 0.2) is 6.04 Å². The average Bonchev–Trinajstić information content (AvgIpc) is 2.97. The first-order valence-electron chi connectivity index (χ1n) is 7.97. The van der Waals surface area contributed by atoms with E-state index in [0.29, 0.717) is 0 Å². The number of carboxylic acid groups (broad SMARTS) is 1. The van der Waals surface area contributed by atoms with E-state index in [1.807, 2.05) is 48.5 Å². The van der Waals surface area contributed by atoms with Gasteiger partial charge in [0.2, 0.25) is 0 Å². The molecule has 0 saturated heterocycles. The number of benzene rings is 2. The van der Waals surface area contributed by atoms with Gasteiger partial charge in [0.25, 0.3) is 0 Å². The Morgan fingerprint density at radius 1 is 1.15 bits per heavy atom. The van der Waals surface area contributed by atoms with Crippen LogP contribution in [0.2, 0.25) is 0 Å². The van der Waals surface area contributed by atoms with Crippen LogP contribution in [0, 0.1) is 0 Å². The van der Waals surface area contributed by atoms with Crippen molar-refractivity contribution in [2.45, 2.75) is 12.0 Å². The van der Waals surface area contributed by atoms with Gasteiger partial charge in [0.1, 0.15) is 6.61 Å². The van der Waals surface area contributed by atoms with E-state index in [1.165, 1.54) is 0 Å². The van der Waals surface area contributed by atoms with Crippen molar-refractivity contribution < 1.29 is 19.4 Å². The quantitative estimate of drug-likeness (QED) is 0.470. The molecule has 2 N–H and O–H groups in total. The first-order chi connectivity index (χ1) is 12.6. The van der Waals surface area contributed by atoms with Gasteiger partial charge in [-0.2, -0.15) is 0 Å². The molecule has 0 unspecified atom stereocenters. The average molecular weight is 352 g/mol. The monoisotopic (exact) mass is 352 g/mol. The number of alkyl carbamates (subject to hydrolysis) is 1. The van der Waals surface area contributed by atoms with Gasteiger partial charge in [-0.1, -0.05) is 53.6 Å². The van der Waals surface area contributed by atoms with Crippen LogP contribution in [-0.4, -0.2) is 36.4 Å². The van der Waals surface area contributed by atoms with E-state index in [4.69, 9.17) is 15.4 Å². The fourth-order valence-electron chi connectivity index (χ4n) is 3.07. The molecular formula is C18H16N4O4. The SMILES string of the molecule is [N-]=[N+]=N[C@H](CNC(=O)OCC1c2ccccc2-c2ccccc21)C(=O)O. The Morgan fingerprint density at radius 3 is 2.27 bits per heavy atom. The molecule has 0 heterocycles. The first kappa shape index (κ1) is 17.3. The predicted octanol–water partition coefficient (Wildman–Crippen LogP) is 3.29. The second-order valence-corrected chi connectivity index (χ2v) is 5.77. The Labute approximate surface area is 149 Å². The maximum absolute atomic E-state index is 11.9. The lowest BCUT2D eigenvalue weighted by Crippen LogP contribution is -2.36. The summed E-state index contributed by atoms with van der Waals surface area (Å²) < 4.78 is 5.27. The first-order valence-corrected chi connectivity index (χ1v) is 7.97. The number of hydrogen-bond donors (Lipinski definition) is 2. The summed E-state index contributed by atoms with van der Waals surface area (Å²) in [6.45, 7) is -0.213. The molecule has 0 saturated carbocycles. The third-order valence-corrected chi connectivity index (χ3v) is 4.26. The molecule has 1 amide bonds. The van der Waals surface area contributed by atoms with Crippen LogP contribution in [0.4, 0.5) is 4.79 Å². The third kappa shape index (κ3) is 3.45. The molecule has 1 atom stereocenters. The molecule has 26 heavy (non-hydrogen) atoms. The maximum Gasteiger partial charge on any atom is 0.407 e. The number of rotatable bonds is 6. The van der Waals surface area contributed by atoms with Crippen molar-refractivity contribution in [3.05, 3.63) is 70.1 Å². The largest absolute Gasteiger partial charge is 0.481 e. The van der Waals surface area contributed by atoms with Gasteiger partial charge < -0.3 is 15.2 Å². The summed E-state index contributed by atoms with van der Waals surface area (Å²) >= 11 is 0. The summed E-state index contributed by atoms with van der Waals surface area (Å²) in [4.78, 5) is 25.2. The Morgan fingerprint density at radius 2 is 1.73 bits per heavy atom. The Kier molecular flexibility index (Phi) is 5.05. The molecule has 3 rings (SSSR count). The van der Waals surface area contributed by atoms with E-state index in [2.05, 4.69) is 15.3 Å². The maximum atomic E-state index is 11.9. The van der Waals surface area contributed by atoms with Crippen molar-refractivity contribution in [3.63, 3.8) is 0 Å². The summed E-state index contributed by atoms with van der Waals surface area (Å²) in [5.74, 6) is -1.40. The van der Waals surface area contributed by atoms with E-state index in [9.17, 15) is 9.59 Å². The number of carboxylic acids is 1. The Balaban J connectivity index is 1.65. The number of azide groups is 1. The lowest BCUT2D eigenvalue weighted by molar-refractivity contribution is -0.138. The number of hydrogen-bond acceptors (Lipinski definition) is 4. The zero-order valence-corrected chi connectivity index (χ0v) is 13.7. The van der Waals surface area contributed by atoms with E-state index in [1.54, 1.807) is 0 Å². The third-order valence-electron chi connectivity index (χ3n) is 4.26. The molecule has 1 aliphatic carbocycles. The number of aliphatic carboxylic acids is 1. The fraction of sp³-hybridized carbons (Fsp3) is 0.222. The normalized spacial score (nSPS) is 13.1. The van der Waals surface area contributed by atoms with Crippen molar-refractivity contribution in [2.75, 3.05) is 13.2 Å². The second-order valence-electron chi connectivity index (χ2n) is 5.77. The number of nitrogens with zero attached hydrogens (tertiary/aromatic N) is 3. The van der Waals surface area contributed by atoms with Crippen molar-refractivity contribution >= 4 is 12.1 Å². The number of carbonyl (C=O) groups excluding carboxylic acids is 1. The van der Waals surface area contributed by atoms with Crippen molar-refractivity contribution in [1.29, 1.82) is 0 Å². The van der Waals surface area contributed by atoms with E-state index in [0.717, 1.165) is 22.3 Å². The van der Waals surface area contributed by atoms with Gasteiger partial charge in [-0.05, 0) is 27.8 Å². The van der Waals surface area contributed by atoms with E-state index in [-0.39, 0.29) is 19.1 Å². The van der Waals surface area contributed by atoms with Gasteiger partial charge in [-0.3, -0.25) is 4.79 Å². The number of ether oxygens (including phenoxy) is 1. The lowest BCUT2D eigenvalue weighted by atomic mass is 9.98. The lowest BCUT2D eigenvalue weighted by Gasteiger charge is -2.15. The van der Waals surface area contributed by atoms with Crippen molar-refractivity contribution in [1.82, 2.24) is 5.32 Å². The zero-order chi connectivity index (χ0) is 18.5. The van der Waals surface area contributed by atoms with Crippen LogP contribution in [0.1, 0.15) is 17.0 Å². The molecule has 8 heteroatoms. The molecule has 0 aromatic heterocycles. The van der Waals surface area contributed by atoms with Gasteiger partial charge in [0.05, 0.1) is 0 Å². The molecule has 2 aromatic rings. The van der Waals surface area contributed by atoms with E-state index < -0.39 is 18.1 Å². The van der Waals surface area contributed by atoms with Crippen LogP contribution in [0.15, 0.2) is 53.6 Å². The summed E-state index contributed by atoms with van der Waals surface area (Å²) in [6, 6.07) is 14.5. The Bertz CT molecular complexity index is 845. The minimum absolute atomic E-state index is 0.0828. The predicted molar refractivity (Wildman–Crippen MR) is 93.6 cm³/mol. The highest BCUT2D eigenvalue weighted by molar-refractivity contribution is 5.79.